The fourth-order valence-corrected chi connectivity index (χ4v) is 3.56. The number of benzene rings is 2. The molecule has 1 aliphatic rings. The number of para-hydroxylation sites is 1. The third-order valence-corrected chi connectivity index (χ3v) is 5.50. The van der Waals surface area contributed by atoms with Crippen molar-refractivity contribution in [3.05, 3.63) is 83.6 Å². The van der Waals surface area contributed by atoms with Crippen LogP contribution in [0, 0.1) is 13.8 Å². The molecule has 5 heteroatoms. The summed E-state index contributed by atoms with van der Waals surface area (Å²) in [5, 5.41) is 2.95. The van der Waals surface area contributed by atoms with Crippen LogP contribution in [-0.4, -0.2) is 37.1 Å². The standard InChI is InChI=1S/C24H26N4O/c1-18-8-10-21(16-19(18)2)26-24(29)20-9-11-23(25-17-20)28-14-12-27(13-15-28)22-6-4-3-5-7-22/h3-11,16-17H,12-15H2,1-2H3,(H,26,29). The maximum atomic E-state index is 12.5. The molecule has 1 N–H and O–H groups in total. The van der Waals surface area contributed by atoms with Gasteiger partial charge in [0.1, 0.15) is 5.82 Å². The molecule has 0 radical (unpaired) electrons. The number of nitrogens with zero attached hydrogens (tertiary/aromatic N) is 3. The van der Waals surface area contributed by atoms with Crippen molar-refractivity contribution in [3.8, 4) is 0 Å². The molecule has 0 aliphatic carbocycles. The van der Waals surface area contributed by atoms with Crippen LogP contribution in [0.4, 0.5) is 17.2 Å². The molecule has 1 aliphatic heterocycles. The fraction of sp³-hybridized carbons (Fsp3) is 0.250. The van der Waals surface area contributed by atoms with E-state index in [1.807, 2.05) is 43.3 Å². The van der Waals surface area contributed by atoms with Crippen LogP contribution in [0.25, 0.3) is 0 Å². The number of hydrogen-bond donors (Lipinski definition) is 1. The zero-order valence-electron chi connectivity index (χ0n) is 16.9. The highest BCUT2D eigenvalue weighted by Crippen LogP contribution is 2.20. The monoisotopic (exact) mass is 386 g/mol. The SMILES string of the molecule is Cc1ccc(NC(=O)c2ccc(N3CCN(c4ccccc4)CC3)nc2)cc1C. The molecule has 3 aromatic rings. The molecule has 2 heterocycles. The summed E-state index contributed by atoms with van der Waals surface area (Å²) >= 11 is 0. The molecule has 0 saturated carbocycles. The second-order valence-corrected chi connectivity index (χ2v) is 7.47. The molecule has 1 saturated heterocycles. The first kappa shape index (κ1) is 19.0. The molecular formula is C24H26N4O. The number of piperazine rings is 1. The van der Waals surface area contributed by atoms with Crippen molar-refractivity contribution in [2.24, 2.45) is 0 Å². The quantitative estimate of drug-likeness (QED) is 0.727. The number of hydrogen-bond acceptors (Lipinski definition) is 4. The van der Waals surface area contributed by atoms with Gasteiger partial charge in [-0.05, 0) is 61.4 Å². The van der Waals surface area contributed by atoms with E-state index in [4.69, 9.17) is 0 Å². The van der Waals surface area contributed by atoms with E-state index in [1.54, 1.807) is 6.20 Å². The van der Waals surface area contributed by atoms with Gasteiger partial charge in [0.2, 0.25) is 0 Å². The normalized spacial score (nSPS) is 14.0. The minimum absolute atomic E-state index is 0.138. The molecule has 1 fully saturated rings. The number of aromatic nitrogens is 1. The van der Waals surface area contributed by atoms with E-state index in [0.717, 1.165) is 43.2 Å². The van der Waals surface area contributed by atoms with Gasteiger partial charge in [-0.3, -0.25) is 4.79 Å². The van der Waals surface area contributed by atoms with Gasteiger partial charge in [-0.15, -0.1) is 0 Å². The first-order valence-corrected chi connectivity index (χ1v) is 10.00. The molecular weight excluding hydrogens is 360 g/mol. The van der Waals surface area contributed by atoms with E-state index in [2.05, 4.69) is 51.3 Å². The Morgan fingerprint density at radius 1 is 0.862 bits per heavy atom. The summed E-state index contributed by atoms with van der Waals surface area (Å²) in [6.45, 7) is 7.84. The van der Waals surface area contributed by atoms with Gasteiger partial charge in [-0.25, -0.2) is 4.98 Å². The molecule has 29 heavy (non-hydrogen) atoms. The Balaban J connectivity index is 1.36. The predicted octanol–water partition coefficient (Wildman–Crippen LogP) is 4.28. The molecule has 2 aromatic carbocycles. The lowest BCUT2D eigenvalue weighted by atomic mass is 10.1. The lowest BCUT2D eigenvalue weighted by Crippen LogP contribution is -2.46. The van der Waals surface area contributed by atoms with Gasteiger partial charge in [-0.2, -0.15) is 0 Å². The van der Waals surface area contributed by atoms with Gasteiger partial charge in [0, 0.05) is 43.8 Å². The molecule has 0 atom stereocenters. The summed E-state index contributed by atoms with van der Waals surface area (Å²) in [5.74, 6) is 0.779. The Morgan fingerprint density at radius 3 is 2.24 bits per heavy atom. The highest BCUT2D eigenvalue weighted by Gasteiger charge is 2.18. The molecule has 1 aromatic heterocycles. The molecule has 0 bridgehead atoms. The fourth-order valence-electron chi connectivity index (χ4n) is 3.56. The topological polar surface area (TPSA) is 48.5 Å². The van der Waals surface area contributed by atoms with Crippen LogP contribution >= 0.6 is 0 Å². The zero-order valence-corrected chi connectivity index (χ0v) is 16.9. The highest BCUT2D eigenvalue weighted by atomic mass is 16.1. The molecule has 5 nitrogen and oxygen atoms in total. The third-order valence-electron chi connectivity index (χ3n) is 5.50. The van der Waals surface area contributed by atoms with E-state index < -0.39 is 0 Å². The highest BCUT2D eigenvalue weighted by molar-refractivity contribution is 6.04. The lowest BCUT2D eigenvalue weighted by molar-refractivity contribution is 0.102. The number of carbonyl (C=O) groups is 1. The van der Waals surface area contributed by atoms with Crippen LogP contribution < -0.4 is 15.1 Å². The minimum Gasteiger partial charge on any atom is -0.368 e. The van der Waals surface area contributed by atoms with E-state index >= 15 is 0 Å². The van der Waals surface area contributed by atoms with Crippen molar-refractivity contribution in [2.75, 3.05) is 41.3 Å². The largest absolute Gasteiger partial charge is 0.368 e. The van der Waals surface area contributed by atoms with Crippen molar-refractivity contribution in [3.63, 3.8) is 0 Å². The number of aryl methyl sites for hydroxylation is 2. The molecule has 0 unspecified atom stereocenters. The zero-order chi connectivity index (χ0) is 20.2. The Kier molecular flexibility index (Phi) is 5.47. The van der Waals surface area contributed by atoms with Gasteiger partial charge in [-0.1, -0.05) is 24.3 Å². The van der Waals surface area contributed by atoms with E-state index in [9.17, 15) is 4.79 Å². The number of rotatable bonds is 4. The number of nitrogens with one attached hydrogen (secondary N) is 1. The van der Waals surface area contributed by atoms with Crippen molar-refractivity contribution in [2.45, 2.75) is 13.8 Å². The molecule has 0 spiro atoms. The average Bonchev–Trinajstić information content (AvgIpc) is 2.77. The Labute approximate surface area is 172 Å². The molecule has 4 rings (SSSR count). The van der Waals surface area contributed by atoms with Gasteiger partial charge in [0.25, 0.3) is 5.91 Å². The summed E-state index contributed by atoms with van der Waals surface area (Å²) < 4.78 is 0. The van der Waals surface area contributed by atoms with Gasteiger partial charge < -0.3 is 15.1 Å². The summed E-state index contributed by atoms with van der Waals surface area (Å²) in [6.07, 6.45) is 1.66. The van der Waals surface area contributed by atoms with E-state index in [-0.39, 0.29) is 5.91 Å². The Bertz CT molecular complexity index is 978. The van der Waals surface area contributed by atoms with Crippen molar-refractivity contribution in [1.82, 2.24) is 4.98 Å². The van der Waals surface area contributed by atoms with Gasteiger partial charge >= 0.3 is 0 Å². The first-order valence-electron chi connectivity index (χ1n) is 10.00. The summed E-state index contributed by atoms with van der Waals surface area (Å²) in [5.41, 5.74) is 5.00. The smallest absolute Gasteiger partial charge is 0.257 e. The third kappa shape index (κ3) is 4.40. The number of carbonyl (C=O) groups excluding carboxylic acids is 1. The van der Waals surface area contributed by atoms with Crippen LogP contribution in [-0.2, 0) is 0 Å². The second kappa shape index (κ2) is 8.35. The summed E-state index contributed by atoms with van der Waals surface area (Å²) in [4.78, 5) is 21.7. The lowest BCUT2D eigenvalue weighted by Gasteiger charge is -2.36. The van der Waals surface area contributed by atoms with Crippen LogP contribution in [0.3, 0.4) is 0 Å². The van der Waals surface area contributed by atoms with Crippen LogP contribution in [0.5, 0.6) is 0 Å². The number of amides is 1. The van der Waals surface area contributed by atoms with E-state index in [1.165, 1.54) is 11.3 Å². The minimum atomic E-state index is -0.138. The van der Waals surface area contributed by atoms with Crippen LogP contribution in [0.15, 0.2) is 66.9 Å². The van der Waals surface area contributed by atoms with Crippen molar-refractivity contribution in [1.29, 1.82) is 0 Å². The van der Waals surface area contributed by atoms with Crippen LogP contribution in [0.1, 0.15) is 21.5 Å². The number of pyridine rings is 1. The van der Waals surface area contributed by atoms with Gasteiger partial charge in [0.05, 0.1) is 5.56 Å². The maximum absolute atomic E-state index is 12.5. The van der Waals surface area contributed by atoms with Crippen LogP contribution in [0.2, 0.25) is 0 Å². The summed E-state index contributed by atoms with van der Waals surface area (Å²) in [7, 11) is 0. The summed E-state index contributed by atoms with van der Waals surface area (Å²) in [6, 6.07) is 20.2. The maximum Gasteiger partial charge on any atom is 0.257 e. The van der Waals surface area contributed by atoms with Crippen molar-refractivity contribution < 1.29 is 4.79 Å². The Hall–Kier alpha value is -3.34. The Morgan fingerprint density at radius 2 is 1.59 bits per heavy atom. The van der Waals surface area contributed by atoms with Gasteiger partial charge in [0.15, 0.2) is 0 Å². The molecule has 148 valence electrons. The number of anilines is 3. The first-order chi connectivity index (χ1) is 14.1. The van der Waals surface area contributed by atoms with E-state index in [0.29, 0.717) is 5.56 Å². The second-order valence-electron chi connectivity index (χ2n) is 7.47. The average molecular weight is 386 g/mol. The molecule has 1 amide bonds. The van der Waals surface area contributed by atoms with Crippen molar-refractivity contribution >= 4 is 23.1 Å². The predicted molar refractivity (Wildman–Crippen MR) is 119 cm³/mol.